The molecule has 0 saturated carbocycles. The first-order chi connectivity index (χ1) is 8.66. The lowest BCUT2D eigenvalue weighted by Crippen LogP contribution is -1.99. The Morgan fingerprint density at radius 2 is 1.94 bits per heavy atom. The molecule has 1 aromatic heterocycles. The molecule has 0 aliphatic carbocycles. The van der Waals surface area contributed by atoms with Gasteiger partial charge in [-0.1, -0.05) is 30.3 Å². The van der Waals surface area contributed by atoms with Crippen molar-refractivity contribution in [1.82, 2.24) is 4.98 Å². The third-order valence-corrected chi connectivity index (χ3v) is 2.79. The van der Waals surface area contributed by atoms with Crippen LogP contribution in [-0.4, -0.2) is 16.1 Å². The molecule has 0 saturated heterocycles. The molecule has 0 aliphatic rings. The van der Waals surface area contributed by atoms with Crippen molar-refractivity contribution >= 4 is 33.5 Å². The van der Waals surface area contributed by atoms with E-state index in [9.17, 15) is 9.90 Å². The maximum Gasteiger partial charge on any atom is 0.336 e. The van der Waals surface area contributed by atoms with E-state index in [1.807, 2.05) is 24.3 Å². The highest BCUT2D eigenvalue weighted by atomic mass is 79.9. The molecule has 0 atom stereocenters. The lowest BCUT2D eigenvalue weighted by atomic mass is 10.0. The standard InChI is InChI=1S/C14H10BrNO2/c15-12-6-10(8-16-9-12)7-13(14(17)18)11-4-2-1-3-5-11/h1-9H,(H,17,18)/b13-7+. The minimum Gasteiger partial charge on any atom is -0.478 e. The summed E-state index contributed by atoms with van der Waals surface area (Å²) < 4.78 is 0.814. The van der Waals surface area contributed by atoms with Crippen LogP contribution in [-0.2, 0) is 4.79 Å². The smallest absolute Gasteiger partial charge is 0.336 e. The molecule has 0 spiro atoms. The minimum absolute atomic E-state index is 0.246. The topological polar surface area (TPSA) is 50.2 Å². The van der Waals surface area contributed by atoms with Gasteiger partial charge in [0.1, 0.15) is 0 Å². The highest BCUT2D eigenvalue weighted by Gasteiger charge is 2.09. The number of hydrogen-bond donors (Lipinski definition) is 1. The van der Waals surface area contributed by atoms with Gasteiger partial charge in [0.25, 0.3) is 0 Å². The Labute approximate surface area is 113 Å². The second-order valence-electron chi connectivity index (χ2n) is 3.67. The van der Waals surface area contributed by atoms with Crippen LogP contribution in [0.25, 0.3) is 11.6 Å². The van der Waals surface area contributed by atoms with Crippen molar-refractivity contribution in [1.29, 1.82) is 0 Å². The monoisotopic (exact) mass is 303 g/mol. The molecule has 1 N–H and O–H groups in total. The Morgan fingerprint density at radius 1 is 1.22 bits per heavy atom. The molecule has 3 nitrogen and oxygen atoms in total. The van der Waals surface area contributed by atoms with Crippen molar-refractivity contribution in [3.05, 3.63) is 64.4 Å². The molecule has 0 amide bonds. The van der Waals surface area contributed by atoms with Gasteiger partial charge in [-0.2, -0.15) is 0 Å². The Kier molecular flexibility index (Phi) is 3.89. The Hall–Kier alpha value is -1.94. The van der Waals surface area contributed by atoms with Crippen LogP contribution in [0.2, 0.25) is 0 Å². The van der Waals surface area contributed by atoms with Crippen molar-refractivity contribution in [3.8, 4) is 0 Å². The summed E-state index contributed by atoms with van der Waals surface area (Å²) in [5.41, 5.74) is 1.66. The second-order valence-corrected chi connectivity index (χ2v) is 4.58. The summed E-state index contributed by atoms with van der Waals surface area (Å²) in [5.74, 6) is -0.957. The van der Waals surface area contributed by atoms with E-state index >= 15 is 0 Å². The molecule has 2 rings (SSSR count). The Bertz CT molecular complexity index is 594. The van der Waals surface area contributed by atoms with Gasteiger partial charge in [0.2, 0.25) is 0 Å². The van der Waals surface area contributed by atoms with Crippen molar-refractivity contribution in [2.24, 2.45) is 0 Å². The quantitative estimate of drug-likeness (QED) is 0.883. The van der Waals surface area contributed by atoms with Crippen LogP contribution in [0, 0.1) is 0 Å². The molecule has 0 fully saturated rings. The predicted octanol–water partition coefficient (Wildman–Crippen LogP) is 3.47. The van der Waals surface area contributed by atoms with Crippen LogP contribution in [0.5, 0.6) is 0 Å². The summed E-state index contributed by atoms with van der Waals surface area (Å²) in [7, 11) is 0. The largest absolute Gasteiger partial charge is 0.478 e. The molecule has 4 heteroatoms. The van der Waals surface area contributed by atoms with E-state index in [0.29, 0.717) is 5.56 Å². The zero-order valence-corrected chi connectivity index (χ0v) is 11.0. The number of pyridine rings is 1. The third kappa shape index (κ3) is 3.05. The summed E-state index contributed by atoms with van der Waals surface area (Å²) in [4.78, 5) is 15.3. The zero-order valence-electron chi connectivity index (χ0n) is 9.38. The van der Waals surface area contributed by atoms with E-state index in [-0.39, 0.29) is 5.57 Å². The van der Waals surface area contributed by atoms with E-state index in [2.05, 4.69) is 20.9 Å². The molecule has 0 bridgehead atoms. The highest BCUT2D eigenvalue weighted by molar-refractivity contribution is 9.10. The Balaban J connectivity index is 2.46. The van der Waals surface area contributed by atoms with E-state index in [0.717, 1.165) is 10.0 Å². The molecule has 2 aromatic rings. The summed E-state index contributed by atoms with van der Waals surface area (Å²) in [6, 6.07) is 10.8. The summed E-state index contributed by atoms with van der Waals surface area (Å²) >= 11 is 3.31. The lowest BCUT2D eigenvalue weighted by Gasteiger charge is -2.03. The molecule has 1 heterocycles. The van der Waals surface area contributed by atoms with Gasteiger partial charge in [-0.3, -0.25) is 4.98 Å². The fourth-order valence-electron chi connectivity index (χ4n) is 1.56. The molecule has 0 radical (unpaired) electrons. The van der Waals surface area contributed by atoms with Crippen molar-refractivity contribution in [2.45, 2.75) is 0 Å². The number of halogens is 1. The van der Waals surface area contributed by atoms with Crippen molar-refractivity contribution in [2.75, 3.05) is 0 Å². The van der Waals surface area contributed by atoms with Gasteiger partial charge in [0, 0.05) is 16.9 Å². The first-order valence-electron chi connectivity index (χ1n) is 5.28. The van der Waals surface area contributed by atoms with Gasteiger partial charge < -0.3 is 5.11 Å². The van der Waals surface area contributed by atoms with Gasteiger partial charge in [0.15, 0.2) is 0 Å². The molecular weight excluding hydrogens is 294 g/mol. The number of carboxylic acid groups (broad SMARTS) is 1. The predicted molar refractivity (Wildman–Crippen MR) is 73.9 cm³/mol. The molecule has 0 aliphatic heterocycles. The number of hydrogen-bond acceptors (Lipinski definition) is 2. The second kappa shape index (κ2) is 5.60. The maximum atomic E-state index is 11.3. The van der Waals surface area contributed by atoms with Gasteiger partial charge in [-0.25, -0.2) is 4.79 Å². The van der Waals surface area contributed by atoms with Gasteiger partial charge in [-0.15, -0.1) is 0 Å². The fraction of sp³-hybridized carbons (Fsp3) is 0. The number of benzene rings is 1. The van der Waals surface area contributed by atoms with Crippen LogP contribution in [0.1, 0.15) is 11.1 Å². The first kappa shape index (κ1) is 12.5. The number of nitrogens with zero attached hydrogens (tertiary/aromatic N) is 1. The SMILES string of the molecule is O=C(O)/C(=C/c1cncc(Br)c1)c1ccccc1. The van der Waals surface area contributed by atoms with E-state index < -0.39 is 5.97 Å². The Morgan fingerprint density at radius 3 is 2.56 bits per heavy atom. The van der Waals surface area contributed by atoms with Crippen LogP contribution >= 0.6 is 15.9 Å². The molecule has 1 aromatic carbocycles. The van der Waals surface area contributed by atoms with Crippen LogP contribution in [0.3, 0.4) is 0 Å². The van der Waals surface area contributed by atoms with Crippen LogP contribution in [0.4, 0.5) is 0 Å². The third-order valence-electron chi connectivity index (χ3n) is 2.35. The maximum absolute atomic E-state index is 11.3. The van der Waals surface area contributed by atoms with Gasteiger partial charge >= 0.3 is 5.97 Å². The van der Waals surface area contributed by atoms with E-state index in [1.165, 1.54) is 0 Å². The zero-order chi connectivity index (χ0) is 13.0. The lowest BCUT2D eigenvalue weighted by molar-refractivity contribution is -0.130. The van der Waals surface area contributed by atoms with Crippen LogP contribution < -0.4 is 0 Å². The summed E-state index contributed by atoms with van der Waals surface area (Å²) in [6.07, 6.45) is 4.88. The van der Waals surface area contributed by atoms with Gasteiger partial charge in [0.05, 0.1) is 5.57 Å². The van der Waals surface area contributed by atoms with Crippen molar-refractivity contribution in [3.63, 3.8) is 0 Å². The van der Waals surface area contributed by atoms with E-state index in [1.54, 1.807) is 30.6 Å². The number of aliphatic carboxylic acids is 1. The summed E-state index contributed by atoms with van der Waals surface area (Å²) in [5, 5.41) is 9.26. The molecule has 18 heavy (non-hydrogen) atoms. The average molecular weight is 304 g/mol. The fourth-order valence-corrected chi connectivity index (χ4v) is 1.94. The first-order valence-corrected chi connectivity index (χ1v) is 6.07. The minimum atomic E-state index is -0.957. The number of aromatic nitrogens is 1. The van der Waals surface area contributed by atoms with Gasteiger partial charge in [-0.05, 0) is 39.2 Å². The molecular formula is C14H10BrNO2. The normalized spacial score (nSPS) is 11.3. The summed E-state index contributed by atoms with van der Waals surface area (Å²) in [6.45, 7) is 0. The highest BCUT2D eigenvalue weighted by Crippen LogP contribution is 2.19. The van der Waals surface area contributed by atoms with Crippen LogP contribution in [0.15, 0.2) is 53.3 Å². The number of rotatable bonds is 3. The number of carboxylic acids is 1. The average Bonchev–Trinajstić information content (AvgIpc) is 2.37. The van der Waals surface area contributed by atoms with E-state index in [4.69, 9.17) is 0 Å². The molecule has 0 unspecified atom stereocenters. The van der Waals surface area contributed by atoms with Crippen molar-refractivity contribution < 1.29 is 9.90 Å². The number of carbonyl (C=O) groups is 1. The molecule has 90 valence electrons.